The number of hydrogen-bond donors (Lipinski definition) is 6. The molecule has 4 bridgehead atoms. The lowest BCUT2D eigenvalue weighted by atomic mass is 10.1. The number of nitrogens with zero attached hydrogens (tertiary/aromatic N) is 2. The number of rotatable bonds is 6. The van der Waals surface area contributed by atoms with Crippen molar-refractivity contribution in [1.29, 1.82) is 0 Å². The van der Waals surface area contributed by atoms with Gasteiger partial charge in [-0.25, -0.2) is 30.2 Å². The van der Waals surface area contributed by atoms with Crippen molar-refractivity contribution in [2.75, 3.05) is 19.2 Å². The van der Waals surface area contributed by atoms with E-state index < -0.39 is 88.8 Å². The first-order valence-corrected chi connectivity index (χ1v) is 21.8. The second-order valence-electron chi connectivity index (χ2n) is 12.8. The van der Waals surface area contributed by atoms with Crippen LogP contribution in [0.4, 0.5) is 38.9 Å². The van der Waals surface area contributed by atoms with Gasteiger partial charge in [-0.3, -0.25) is 9.11 Å². The standard InChI is InChI=1S/C35H26N4O13S4/c1-17-23-11-13-25(53(43,44)38(23)31-27(55(47,48)49)15-19-7-3-5-9-21(19)33(31)40)29(17)36-35(42)37-30-18(2)24-12-14-26(30)54(45,46)39(24)32-28(56(50,51)52)16-20-8-4-6-10-22(20)34(32)41/h3-16,40-41H,1-2H3,(H2,36,37,42)(H,47,48,49)(H,50,51,52). The molecule has 6 aromatic carbocycles. The molecule has 0 saturated carbocycles. The monoisotopic (exact) mass is 838 g/mol. The molecule has 10 rings (SSSR count). The fourth-order valence-electron chi connectivity index (χ4n) is 7.10. The summed E-state index contributed by atoms with van der Waals surface area (Å²) in [6.07, 6.45) is 0. The molecule has 2 amide bonds. The number of benzene rings is 6. The first kappa shape index (κ1) is 37.0. The number of carbonyl (C=O) groups is 1. The molecule has 6 N–H and O–H groups in total. The van der Waals surface area contributed by atoms with E-state index >= 15 is 0 Å². The highest BCUT2D eigenvalue weighted by atomic mass is 32.2. The number of phenolic OH excluding ortho intramolecular Hbond substituents is 2. The molecule has 17 nitrogen and oxygen atoms in total. The number of sulfonamides is 2. The summed E-state index contributed by atoms with van der Waals surface area (Å²) in [6, 6.07) is 17.6. The second kappa shape index (κ2) is 12.0. The van der Waals surface area contributed by atoms with Crippen LogP contribution in [0.2, 0.25) is 0 Å². The lowest BCUT2D eigenvalue weighted by molar-refractivity contribution is 0.262. The first-order chi connectivity index (χ1) is 26.2. The van der Waals surface area contributed by atoms with Gasteiger partial charge >= 0.3 is 6.03 Å². The van der Waals surface area contributed by atoms with Crippen LogP contribution in [0.3, 0.4) is 0 Å². The van der Waals surface area contributed by atoms with Crippen LogP contribution >= 0.6 is 0 Å². The van der Waals surface area contributed by atoms with E-state index in [0.717, 1.165) is 24.3 Å². The van der Waals surface area contributed by atoms with Gasteiger partial charge in [0.1, 0.15) is 42.5 Å². The van der Waals surface area contributed by atoms with Gasteiger partial charge in [0.25, 0.3) is 40.3 Å². The van der Waals surface area contributed by atoms with Crippen LogP contribution in [0.1, 0.15) is 11.1 Å². The predicted molar refractivity (Wildman–Crippen MR) is 205 cm³/mol. The van der Waals surface area contributed by atoms with Crippen LogP contribution in [0.15, 0.2) is 105 Å². The third-order valence-corrected chi connectivity index (χ3v) is 14.9. The van der Waals surface area contributed by atoms with Gasteiger partial charge in [0, 0.05) is 10.8 Å². The van der Waals surface area contributed by atoms with Gasteiger partial charge in [0.05, 0.1) is 22.7 Å². The van der Waals surface area contributed by atoms with E-state index in [1.54, 1.807) is 12.1 Å². The van der Waals surface area contributed by atoms with Gasteiger partial charge in [-0.2, -0.15) is 16.8 Å². The fraction of sp³-hybridized carbons (Fsp3) is 0.0571. The Bertz CT molecular complexity index is 3050. The average Bonchev–Trinajstić information content (AvgIpc) is 3.11. The van der Waals surface area contributed by atoms with Crippen molar-refractivity contribution in [3.05, 3.63) is 96.1 Å². The quantitative estimate of drug-likeness (QED) is 0.108. The summed E-state index contributed by atoms with van der Waals surface area (Å²) in [4.78, 5) is 10.7. The number of phenols is 2. The molecule has 288 valence electrons. The van der Waals surface area contributed by atoms with Crippen LogP contribution in [0.25, 0.3) is 21.5 Å². The Labute approximate surface area is 318 Å². The predicted octanol–water partition coefficient (Wildman–Crippen LogP) is 5.84. The molecular formula is C35H26N4O13S4. The minimum absolute atomic E-state index is 0.0717. The molecule has 0 unspecified atom stereocenters. The third kappa shape index (κ3) is 5.27. The van der Waals surface area contributed by atoms with E-state index in [1.165, 1.54) is 62.4 Å². The lowest BCUT2D eigenvalue weighted by Crippen LogP contribution is -2.36. The maximum absolute atomic E-state index is 14.1. The summed E-state index contributed by atoms with van der Waals surface area (Å²) in [5.41, 5.74) is -2.32. The molecule has 56 heavy (non-hydrogen) atoms. The zero-order valence-corrected chi connectivity index (χ0v) is 31.8. The zero-order chi connectivity index (χ0) is 40.4. The maximum atomic E-state index is 14.1. The Morgan fingerprint density at radius 2 is 0.946 bits per heavy atom. The number of aromatic hydroxyl groups is 2. The van der Waals surface area contributed by atoms with Crippen molar-refractivity contribution in [2.24, 2.45) is 0 Å². The molecule has 0 aromatic heterocycles. The molecular weight excluding hydrogens is 813 g/mol. The van der Waals surface area contributed by atoms with Crippen molar-refractivity contribution in [3.8, 4) is 11.5 Å². The Hall–Kier alpha value is -5.97. The van der Waals surface area contributed by atoms with Crippen molar-refractivity contribution in [3.63, 3.8) is 0 Å². The largest absolute Gasteiger partial charge is 0.505 e. The van der Waals surface area contributed by atoms with Crippen LogP contribution in [-0.4, -0.2) is 59.0 Å². The molecule has 0 radical (unpaired) electrons. The highest BCUT2D eigenvalue weighted by Crippen LogP contribution is 2.54. The topological polar surface area (TPSA) is 265 Å². The van der Waals surface area contributed by atoms with E-state index in [0.29, 0.717) is 8.61 Å². The fourth-order valence-corrected chi connectivity index (χ4v) is 12.2. The molecule has 0 fully saturated rings. The average molecular weight is 839 g/mol. The third-order valence-electron chi connectivity index (χ3n) is 9.63. The molecule has 21 heteroatoms. The Balaban J connectivity index is 1.19. The smallest absolute Gasteiger partial charge is 0.323 e. The summed E-state index contributed by atoms with van der Waals surface area (Å²) in [7, 11) is -19.9. The molecule has 4 aliphatic rings. The van der Waals surface area contributed by atoms with Crippen molar-refractivity contribution < 1.29 is 57.8 Å². The maximum Gasteiger partial charge on any atom is 0.323 e. The summed E-state index contributed by atoms with van der Waals surface area (Å²) < 4.78 is 128. The number of carbonyl (C=O) groups excluding carboxylic acids is 1. The molecule has 0 spiro atoms. The molecule has 6 aromatic rings. The van der Waals surface area contributed by atoms with E-state index in [-0.39, 0.29) is 55.4 Å². The first-order valence-electron chi connectivity index (χ1n) is 16.1. The number of anilines is 6. The van der Waals surface area contributed by atoms with E-state index in [4.69, 9.17) is 0 Å². The van der Waals surface area contributed by atoms with Gasteiger partial charge in [-0.05, 0) is 72.1 Å². The SMILES string of the molecule is Cc1c2ccc(c1NC(=O)Nc1c3ccc(c1C)N(c1c(S(=O)(=O)O)cc4ccccc4c1O)S3(=O)=O)S(=O)(=O)N2c1c(S(=O)(=O)O)cc2ccccc2c1O. The van der Waals surface area contributed by atoms with Crippen LogP contribution < -0.4 is 19.2 Å². The molecule has 0 atom stereocenters. The lowest BCUT2D eigenvalue weighted by Gasteiger charge is -2.35. The number of amides is 2. The number of fused-ring (bicyclic) bond motifs is 8. The summed E-state index contributed by atoms with van der Waals surface area (Å²) >= 11 is 0. The van der Waals surface area contributed by atoms with Gasteiger partial charge in [0.15, 0.2) is 0 Å². The zero-order valence-electron chi connectivity index (χ0n) is 28.6. The van der Waals surface area contributed by atoms with E-state index in [2.05, 4.69) is 10.6 Å². The normalized spacial score (nSPS) is 15.4. The van der Waals surface area contributed by atoms with Crippen molar-refractivity contribution >= 4 is 102 Å². The summed E-state index contributed by atoms with van der Waals surface area (Å²) in [5.74, 6) is -1.52. The minimum Gasteiger partial charge on any atom is -0.505 e. The Kier molecular flexibility index (Phi) is 7.93. The number of hydrogen-bond acceptors (Lipinski definition) is 11. The van der Waals surface area contributed by atoms with Crippen molar-refractivity contribution in [1.82, 2.24) is 0 Å². The summed E-state index contributed by atoms with van der Waals surface area (Å²) in [5, 5.41) is 27.9. The van der Waals surface area contributed by atoms with Gasteiger partial charge in [-0.15, -0.1) is 0 Å². The van der Waals surface area contributed by atoms with E-state index in [1.807, 2.05) is 0 Å². The second-order valence-corrected chi connectivity index (χ2v) is 19.1. The number of urea groups is 1. The molecule has 4 heterocycles. The molecule has 4 aliphatic heterocycles. The Morgan fingerprint density at radius 3 is 1.30 bits per heavy atom. The molecule has 0 aliphatic carbocycles. The van der Waals surface area contributed by atoms with Gasteiger partial charge in [0.2, 0.25) is 0 Å². The van der Waals surface area contributed by atoms with Crippen LogP contribution in [-0.2, 0) is 40.3 Å². The summed E-state index contributed by atoms with van der Waals surface area (Å²) in [6.45, 7) is 2.79. The Morgan fingerprint density at radius 1 is 0.589 bits per heavy atom. The van der Waals surface area contributed by atoms with Crippen LogP contribution in [0.5, 0.6) is 11.5 Å². The highest BCUT2D eigenvalue weighted by molar-refractivity contribution is 7.94. The number of nitrogens with one attached hydrogen (secondary N) is 2. The highest BCUT2D eigenvalue weighted by Gasteiger charge is 2.44. The van der Waals surface area contributed by atoms with Gasteiger partial charge in [-0.1, -0.05) is 48.5 Å². The van der Waals surface area contributed by atoms with Gasteiger partial charge < -0.3 is 20.8 Å². The molecule has 0 saturated heterocycles. The van der Waals surface area contributed by atoms with Crippen molar-refractivity contribution in [2.45, 2.75) is 33.4 Å². The van der Waals surface area contributed by atoms with Crippen LogP contribution in [0, 0.1) is 13.8 Å². The van der Waals surface area contributed by atoms with E-state index in [9.17, 15) is 57.8 Å². The minimum atomic E-state index is -5.13.